The van der Waals surface area contributed by atoms with Gasteiger partial charge in [-0.3, -0.25) is 9.59 Å². The highest BCUT2D eigenvalue weighted by atomic mass is 79.9. The van der Waals surface area contributed by atoms with Gasteiger partial charge < -0.3 is 0 Å². The van der Waals surface area contributed by atoms with Crippen LogP contribution in [-0.2, 0) is 15.0 Å². The molecular formula is C14H11BrN2O2S. The molecule has 2 amide bonds. The van der Waals surface area contributed by atoms with E-state index in [1.807, 2.05) is 37.3 Å². The van der Waals surface area contributed by atoms with Crippen molar-refractivity contribution in [2.75, 3.05) is 4.90 Å². The van der Waals surface area contributed by atoms with Gasteiger partial charge in [-0.25, -0.2) is 9.88 Å². The standard InChI is InChI=1S/C14H11BrN2O2S/c1-14(9-5-3-2-4-6-9)7-11(18)17(12(14)19)13-16-8-10(15)20-13/h2-6,8H,7H2,1H3. The number of imide groups is 1. The summed E-state index contributed by atoms with van der Waals surface area (Å²) in [6.07, 6.45) is 1.77. The second-order valence-electron chi connectivity index (χ2n) is 4.86. The number of rotatable bonds is 2. The van der Waals surface area contributed by atoms with Crippen LogP contribution in [0.25, 0.3) is 0 Å². The van der Waals surface area contributed by atoms with Gasteiger partial charge >= 0.3 is 0 Å². The summed E-state index contributed by atoms with van der Waals surface area (Å²) in [6, 6.07) is 9.41. The highest BCUT2D eigenvalue weighted by Crippen LogP contribution is 2.40. The van der Waals surface area contributed by atoms with Crippen molar-refractivity contribution in [1.82, 2.24) is 4.98 Å². The number of carbonyl (C=O) groups is 2. The molecule has 102 valence electrons. The third-order valence-corrected chi connectivity index (χ3v) is 4.96. The van der Waals surface area contributed by atoms with E-state index in [1.165, 1.54) is 16.2 Å². The molecule has 1 aromatic heterocycles. The summed E-state index contributed by atoms with van der Waals surface area (Å²) in [5.74, 6) is -0.418. The number of nitrogens with zero attached hydrogens (tertiary/aromatic N) is 2. The van der Waals surface area contributed by atoms with E-state index in [1.54, 1.807) is 6.20 Å². The predicted octanol–water partition coefficient (Wildman–Crippen LogP) is 3.13. The third kappa shape index (κ3) is 1.99. The van der Waals surface area contributed by atoms with Crippen molar-refractivity contribution in [3.8, 4) is 0 Å². The van der Waals surface area contributed by atoms with Crippen LogP contribution in [0, 0.1) is 0 Å². The quantitative estimate of drug-likeness (QED) is 0.781. The maximum atomic E-state index is 12.7. The van der Waals surface area contributed by atoms with Crippen LogP contribution in [0.3, 0.4) is 0 Å². The lowest BCUT2D eigenvalue weighted by Crippen LogP contribution is -2.36. The Bertz CT molecular complexity index is 685. The zero-order valence-corrected chi connectivity index (χ0v) is 13.1. The Morgan fingerprint density at radius 3 is 2.60 bits per heavy atom. The highest BCUT2D eigenvalue weighted by Gasteiger charge is 2.50. The summed E-state index contributed by atoms with van der Waals surface area (Å²) in [5.41, 5.74) is 0.0488. The minimum Gasteiger partial charge on any atom is -0.274 e. The van der Waals surface area contributed by atoms with E-state index in [9.17, 15) is 9.59 Å². The highest BCUT2D eigenvalue weighted by molar-refractivity contribution is 9.11. The van der Waals surface area contributed by atoms with E-state index in [0.717, 1.165) is 9.35 Å². The number of hydrogen-bond acceptors (Lipinski definition) is 4. The van der Waals surface area contributed by atoms with Crippen LogP contribution in [0.5, 0.6) is 0 Å². The SMILES string of the molecule is CC1(c2ccccc2)CC(=O)N(c2ncc(Br)s2)C1=O. The van der Waals surface area contributed by atoms with Gasteiger partial charge in [0.05, 0.1) is 15.4 Å². The minimum atomic E-state index is -0.809. The van der Waals surface area contributed by atoms with Gasteiger partial charge in [0.15, 0.2) is 5.13 Å². The monoisotopic (exact) mass is 350 g/mol. The molecule has 1 aliphatic heterocycles. The topological polar surface area (TPSA) is 50.3 Å². The van der Waals surface area contributed by atoms with E-state index in [0.29, 0.717) is 5.13 Å². The molecule has 1 aliphatic rings. The number of anilines is 1. The molecule has 0 saturated carbocycles. The Morgan fingerprint density at radius 1 is 1.30 bits per heavy atom. The first-order valence-corrected chi connectivity index (χ1v) is 7.67. The number of halogens is 1. The van der Waals surface area contributed by atoms with Crippen molar-refractivity contribution in [1.29, 1.82) is 0 Å². The molecular weight excluding hydrogens is 340 g/mol. The van der Waals surface area contributed by atoms with Gasteiger partial charge in [-0.2, -0.15) is 0 Å². The van der Waals surface area contributed by atoms with E-state index >= 15 is 0 Å². The number of benzene rings is 1. The van der Waals surface area contributed by atoms with Gasteiger partial charge in [-0.05, 0) is 28.4 Å². The molecule has 4 nitrogen and oxygen atoms in total. The lowest BCUT2D eigenvalue weighted by atomic mass is 9.81. The normalized spacial score (nSPS) is 22.6. The van der Waals surface area contributed by atoms with E-state index < -0.39 is 5.41 Å². The molecule has 1 saturated heterocycles. The summed E-state index contributed by atoms with van der Waals surface area (Å²) >= 11 is 4.58. The molecule has 0 bridgehead atoms. The molecule has 2 aromatic rings. The molecule has 1 unspecified atom stereocenters. The first-order valence-electron chi connectivity index (χ1n) is 6.06. The van der Waals surface area contributed by atoms with Crippen LogP contribution in [-0.4, -0.2) is 16.8 Å². The van der Waals surface area contributed by atoms with E-state index in [4.69, 9.17) is 0 Å². The first-order chi connectivity index (χ1) is 9.52. The summed E-state index contributed by atoms with van der Waals surface area (Å²) in [6.45, 7) is 1.81. The van der Waals surface area contributed by atoms with Gasteiger partial charge in [-0.1, -0.05) is 41.7 Å². The Balaban J connectivity index is 2.02. The summed E-state index contributed by atoms with van der Waals surface area (Å²) in [7, 11) is 0. The Kier molecular flexibility index (Phi) is 3.22. The average Bonchev–Trinajstić information content (AvgIpc) is 2.94. The Morgan fingerprint density at radius 2 is 2.00 bits per heavy atom. The summed E-state index contributed by atoms with van der Waals surface area (Å²) < 4.78 is 0.793. The third-order valence-electron chi connectivity index (χ3n) is 3.50. The molecule has 20 heavy (non-hydrogen) atoms. The van der Waals surface area contributed by atoms with Crippen molar-refractivity contribution in [2.24, 2.45) is 0 Å². The van der Waals surface area contributed by atoms with Crippen LogP contribution in [0.4, 0.5) is 5.13 Å². The summed E-state index contributed by atoms with van der Waals surface area (Å²) in [5, 5.41) is 0.423. The van der Waals surface area contributed by atoms with E-state index in [2.05, 4.69) is 20.9 Å². The maximum Gasteiger partial charge on any atom is 0.246 e. The average molecular weight is 351 g/mol. The molecule has 1 aromatic carbocycles. The summed E-state index contributed by atoms with van der Waals surface area (Å²) in [4.78, 5) is 30.3. The number of hydrogen-bond donors (Lipinski definition) is 0. The van der Waals surface area contributed by atoms with Gasteiger partial charge in [0.25, 0.3) is 0 Å². The number of aromatic nitrogens is 1. The van der Waals surface area contributed by atoms with Gasteiger partial charge in [0, 0.05) is 6.42 Å². The predicted molar refractivity (Wildman–Crippen MR) is 80.7 cm³/mol. The fourth-order valence-corrected chi connectivity index (χ4v) is 3.59. The molecule has 1 atom stereocenters. The fourth-order valence-electron chi connectivity index (χ4n) is 2.39. The molecule has 6 heteroatoms. The molecule has 0 N–H and O–H groups in total. The molecule has 0 spiro atoms. The van der Waals surface area contributed by atoms with Crippen LogP contribution >= 0.6 is 27.3 Å². The van der Waals surface area contributed by atoms with Crippen LogP contribution in [0.15, 0.2) is 40.3 Å². The second-order valence-corrected chi connectivity index (χ2v) is 7.24. The van der Waals surface area contributed by atoms with Crippen LogP contribution in [0.1, 0.15) is 18.9 Å². The smallest absolute Gasteiger partial charge is 0.246 e. The van der Waals surface area contributed by atoms with Gasteiger partial charge in [-0.15, -0.1) is 0 Å². The first kappa shape index (κ1) is 13.5. The number of carbonyl (C=O) groups excluding carboxylic acids is 2. The van der Waals surface area contributed by atoms with Gasteiger partial charge in [0.2, 0.25) is 11.8 Å². The van der Waals surface area contributed by atoms with E-state index in [-0.39, 0.29) is 18.2 Å². The number of amides is 2. The van der Waals surface area contributed by atoms with Crippen LogP contribution < -0.4 is 4.90 Å². The lowest BCUT2D eigenvalue weighted by Gasteiger charge is -2.21. The minimum absolute atomic E-state index is 0.174. The molecule has 3 rings (SSSR count). The molecule has 2 heterocycles. The van der Waals surface area contributed by atoms with Crippen molar-refractivity contribution < 1.29 is 9.59 Å². The zero-order valence-electron chi connectivity index (χ0n) is 10.7. The van der Waals surface area contributed by atoms with Gasteiger partial charge in [0.1, 0.15) is 0 Å². The van der Waals surface area contributed by atoms with Crippen molar-refractivity contribution >= 4 is 44.2 Å². The Labute approximate surface area is 128 Å². The Hall–Kier alpha value is -1.53. The van der Waals surface area contributed by atoms with Crippen LogP contribution in [0.2, 0.25) is 0 Å². The zero-order chi connectivity index (χ0) is 14.3. The second kappa shape index (κ2) is 4.79. The van der Waals surface area contributed by atoms with Crippen molar-refractivity contribution in [2.45, 2.75) is 18.8 Å². The number of thiazole rings is 1. The fraction of sp³-hybridized carbons (Fsp3) is 0.214. The lowest BCUT2D eigenvalue weighted by molar-refractivity contribution is -0.122. The largest absolute Gasteiger partial charge is 0.274 e. The molecule has 0 aliphatic carbocycles. The molecule has 0 radical (unpaired) electrons. The molecule has 1 fully saturated rings. The van der Waals surface area contributed by atoms with Crippen molar-refractivity contribution in [3.63, 3.8) is 0 Å². The maximum absolute atomic E-state index is 12.7. The van der Waals surface area contributed by atoms with Crippen molar-refractivity contribution in [3.05, 3.63) is 45.9 Å².